The van der Waals surface area contributed by atoms with Crippen LogP contribution >= 0.6 is 0 Å². The third kappa shape index (κ3) is 3.32. The van der Waals surface area contributed by atoms with Crippen molar-refractivity contribution in [3.05, 3.63) is 64.5 Å². The van der Waals surface area contributed by atoms with E-state index in [0.717, 1.165) is 28.2 Å². The number of Topliss-reactive ketones (excluding diaryl/α,β-unsaturated/α-hetero) is 1. The monoisotopic (exact) mass is 406 g/mol. The number of benzene rings is 2. The first kappa shape index (κ1) is 20.0. The lowest BCUT2D eigenvalue weighted by Crippen LogP contribution is -2.20. The maximum absolute atomic E-state index is 13.1. The molecule has 1 aliphatic rings. The summed E-state index contributed by atoms with van der Waals surface area (Å²) in [5.74, 6) is 1.85. The maximum atomic E-state index is 13.1. The molecule has 0 bridgehead atoms. The fraction of sp³-hybridized carbons (Fsp3) is 0.333. The van der Waals surface area contributed by atoms with E-state index in [1.165, 1.54) is 5.56 Å². The van der Waals surface area contributed by atoms with Crippen LogP contribution in [0, 0.1) is 13.8 Å². The van der Waals surface area contributed by atoms with Crippen LogP contribution in [0.4, 0.5) is 0 Å². The molecule has 0 amide bonds. The van der Waals surface area contributed by atoms with E-state index in [-0.39, 0.29) is 11.7 Å². The number of nitrogens with zero attached hydrogens (tertiary/aromatic N) is 2. The van der Waals surface area contributed by atoms with E-state index >= 15 is 0 Å². The van der Waals surface area contributed by atoms with Gasteiger partial charge >= 0.3 is 0 Å². The van der Waals surface area contributed by atoms with E-state index in [0.29, 0.717) is 30.1 Å². The number of ether oxygens (including phenoxy) is 3. The number of rotatable bonds is 5. The molecule has 1 heterocycles. The first-order chi connectivity index (χ1) is 14.5. The van der Waals surface area contributed by atoms with Crippen LogP contribution < -0.4 is 14.2 Å². The average molecular weight is 406 g/mol. The molecular weight excluding hydrogens is 380 g/mol. The minimum atomic E-state index is -0.000922. The number of aromatic nitrogens is 2. The van der Waals surface area contributed by atoms with Gasteiger partial charge in [0.25, 0.3) is 0 Å². The van der Waals surface area contributed by atoms with Gasteiger partial charge in [-0.2, -0.15) is 5.10 Å². The van der Waals surface area contributed by atoms with E-state index in [4.69, 9.17) is 19.3 Å². The smallest absolute Gasteiger partial charge is 0.203 e. The van der Waals surface area contributed by atoms with Gasteiger partial charge in [-0.1, -0.05) is 17.7 Å². The second-order valence-electron chi connectivity index (χ2n) is 7.64. The van der Waals surface area contributed by atoms with E-state index in [1.807, 2.05) is 35.9 Å². The third-order valence-electron chi connectivity index (χ3n) is 5.74. The van der Waals surface area contributed by atoms with Crippen LogP contribution in [-0.2, 0) is 6.42 Å². The van der Waals surface area contributed by atoms with Crippen LogP contribution in [0.2, 0.25) is 0 Å². The van der Waals surface area contributed by atoms with Crippen molar-refractivity contribution in [2.45, 2.75) is 32.6 Å². The van der Waals surface area contributed by atoms with Gasteiger partial charge in [-0.05, 0) is 56.0 Å². The van der Waals surface area contributed by atoms with Crippen molar-refractivity contribution >= 4 is 5.78 Å². The predicted molar refractivity (Wildman–Crippen MR) is 115 cm³/mol. The molecule has 2 aromatic carbocycles. The molecule has 3 aromatic rings. The Morgan fingerprint density at radius 3 is 2.13 bits per heavy atom. The van der Waals surface area contributed by atoms with Crippen LogP contribution in [0.25, 0.3) is 5.69 Å². The average Bonchev–Trinajstić information content (AvgIpc) is 3.09. The maximum Gasteiger partial charge on any atom is 0.203 e. The number of ketones is 1. The summed E-state index contributed by atoms with van der Waals surface area (Å²) in [6, 6.07) is 12.1. The van der Waals surface area contributed by atoms with E-state index in [9.17, 15) is 4.79 Å². The number of hydrogen-bond acceptors (Lipinski definition) is 5. The summed E-state index contributed by atoms with van der Waals surface area (Å²) < 4.78 is 18.4. The van der Waals surface area contributed by atoms with Gasteiger partial charge in [0.05, 0.1) is 44.0 Å². The first-order valence-corrected chi connectivity index (χ1v) is 9.95. The zero-order valence-electron chi connectivity index (χ0n) is 18.0. The molecule has 156 valence electrons. The second-order valence-corrected chi connectivity index (χ2v) is 7.64. The van der Waals surface area contributed by atoms with Gasteiger partial charge in [-0.25, -0.2) is 4.68 Å². The number of fused-ring (bicyclic) bond motifs is 1. The van der Waals surface area contributed by atoms with Crippen molar-refractivity contribution < 1.29 is 19.0 Å². The molecule has 0 saturated heterocycles. The Labute approximate surface area is 176 Å². The minimum Gasteiger partial charge on any atom is -0.493 e. The van der Waals surface area contributed by atoms with Gasteiger partial charge in [0.2, 0.25) is 5.75 Å². The lowest BCUT2D eigenvalue weighted by atomic mass is 9.81. The van der Waals surface area contributed by atoms with Crippen molar-refractivity contribution in [2.24, 2.45) is 0 Å². The van der Waals surface area contributed by atoms with Crippen LogP contribution in [0.15, 0.2) is 36.4 Å². The number of methoxy groups -OCH3 is 3. The van der Waals surface area contributed by atoms with Gasteiger partial charge in [-0.15, -0.1) is 0 Å². The van der Waals surface area contributed by atoms with Crippen LogP contribution in [0.1, 0.15) is 45.2 Å². The van der Waals surface area contributed by atoms with Crippen LogP contribution in [-0.4, -0.2) is 36.9 Å². The SMILES string of the molecule is COc1cc([C@H]2CC(=O)c3c(C)nn(-c4ccc(C)cc4)c3C2)cc(OC)c1OC. The second kappa shape index (κ2) is 7.86. The largest absolute Gasteiger partial charge is 0.493 e. The minimum absolute atomic E-state index is 0.000922. The summed E-state index contributed by atoms with van der Waals surface area (Å²) in [5.41, 5.74) is 5.61. The van der Waals surface area contributed by atoms with E-state index in [1.54, 1.807) is 21.3 Å². The zero-order chi connectivity index (χ0) is 21.4. The molecular formula is C24H26N2O4. The highest BCUT2D eigenvalue weighted by molar-refractivity contribution is 6.00. The van der Waals surface area contributed by atoms with Gasteiger partial charge in [0.1, 0.15) is 0 Å². The fourth-order valence-electron chi connectivity index (χ4n) is 4.23. The Bertz CT molecular complexity index is 1070. The Balaban J connectivity index is 1.79. The molecule has 1 atom stereocenters. The molecule has 6 heteroatoms. The summed E-state index contributed by atoms with van der Waals surface area (Å²) in [5, 5.41) is 4.69. The molecule has 0 N–H and O–H groups in total. The Morgan fingerprint density at radius 2 is 1.57 bits per heavy atom. The number of hydrogen-bond donors (Lipinski definition) is 0. The molecule has 1 aromatic heterocycles. The summed E-state index contributed by atoms with van der Waals surface area (Å²) in [4.78, 5) is 13.1. The molecule has 0 unspecified atom stereocenters. The number of aryl methyl sites for hydroxylation is 2. The Morgan fingerprint density at radius 1 is 0.933 bits per heavy atom. The van der Waals surface area contributed by atoms with Gasteiger partial charge in [0, 0.05) is 6.42 Å². The van der Waals surface area contributed by atoms with Gasteiger partial charge in [-0.3, -0.25) is 4.79 Å². The standard InChI is InChI=1S/C24H26N2O4/c1-14-6-8-18(9-7-14)26-19-10-16(11-20(27)23(19)15(2)25-26)17-12-21(28-3)24(30-5)22(13-17)29-4/h6-9,12-13,16H,10-11H2,1-5H3/t16-/m1/s1. The van der Waals surface area contributed by atoms with E-state index in [2.05, 4.69) is 19.1 Å². The lowest BCUT2D eigenvalue weighted by Gasteiger charge is -2.24. The van der Waals surface area contributed by atoms with Crippen molar-refractivity contribution in [1.29, 1.82) is 0 Å². The lowest BCUT2D eigenvalue weighted by molar-refractivity contribution is 0.0963. The van der Waals surface area contributed by atoms with E-state index < -0.39 is 0 Å². The van der Waals surface area contributed by atoms with Crippen LogP contribution in [0.3, 0.4) is 0 Å². The summed E-state index contributed by atoms with van der Waals surface area (Å²) in [6.45, 7) is 3.96. The zero-order valence-corrected chi connectivity index (χ0v) is 18.0. The van der Waals surface area contributed by atoms with Gasteiger partial charge in [0.15, 0.2) is 17.3 Å². The molecule has 0 aliphatic heterocycles. The molecule has 6 nitrogen and oxygen atoms in total. The van der Waals surface area contributed by atoms with Crippen molar-refractivity contribution in [1.82, 2.24) is 9.78 Å². The highest BCUT2D eigenvalue weighted by Gasteiger charge is 2.33. The topological polar surface area (TPSA) is 62.6 Å². The fourth-order valence-corrected chi connectivity index (χ4v) is 4.23. The quantitative estimate of drug-likeness (QED) is 0.627. The predicted octanol–water partition coefficient (Wildman–Crippen LogP) is 4.43. The summed E-state index contributed by atoms with van der Waals surface area (Å²) in [7, 11) is 4.78. The molecule has 30 heavy (non-hydrogen) atoms. The highest BCUT2D eigenvalue weighted by Crippen LogP contribution is 2.43. The van der Waals surface area contributed by atoms with Crippen molar-refractivity contribution in [3.8, 4) is 22.9 Å². The van der Waals surface area contributed by atoms with Crippen molar-refractivity contribution in [3.63, 3.8) is 0 Å². The number of carbonyl (C=O) groups excluding carboxylic acids is 1. The Hall–Kier alpha value is -3.28. The van der Waals surface area contributed by atoms with Crippen molar-refractivity contribution in [2.75, 3.05) is 21.3 Å². The van der Waals surface area contributed by atoms with Crippen LogP contribution in [0.5, 0.6) is 17.2 Å². The molecule has 0 saturated carbocycles. The highest BCUT2D eigenvalue weighted by atomic mass is 16.5. The molecule has 0 radical (unpaired) electrons. The Kier molecular flexibility index (Phi) is 5.24. The first-order valence-electron chi connectivity index (χ1n) is 9.95. The summed E-state index contributed by atoms with van der Waals surface area (Å²) >= 11 is 0. The molecule has 4 rings (SSSR count). The molecule has 0 spiro atoms. The summed E-state index contributed by atoms with van der Waals surface area (Å²) in [6.07, 6.45) is 1.13. The normalized spacial score (nSPS) is 15.6. The third-order valence-corrected chi connectivity index (χ3v) is 5.74. The van der Waals surface area contributed by atoms with Gasteiger partial charge < -0.3 is 14.2 Å². The molecule has 0 fully saturated rings. The number of carbonyl (C=O) groups is 1. The molecule has 1 aliphatic carbocycles.